The zero-order valence-electron chi connectivity index (χ0n) is 18.9. The zero-order valence-corrected chi connectivity index (χ0v) is 20.8. The minimum absolute atomic E-state index is 0. The van der Waals surface area contributed by atoms with E-state index in [-0.39, 0.29) is 43.3 Å². The van der Waals surface area contributed by atoms with Crippen molar-refractivity contribution in [3.05, 3.63) is 0 Å². The molecule has 0 amide bonds. The molecule has 0 aromatic heterocycles. The Labute approximate surface area is 193 Å². The molecule has 0 heterocycles. The monoisotopic (exact) mass is 434 g/mol. The van der Waals surface area contributed by atoms with Gasteiger partial charge in [-0.3, -0.25) is 9.79 Å². The molecular formula is C19H40NaO7P. The van der Waals surface area contributed by atoms with Gasteiger partial charge in [-0.2, -0.15) is 0 Å². The normalized spacial score (nSPS) is 14.8. The Morgan fingerprint density at radius 3 is 1.82 bits per heavy atom. The van der Waals surface area contributed by atoms with E-state index in [1.807, 2.05) is 0 Å². The first kappa shape index (κ1) is 30.7. The second-order valence-corrected chi connectivity index (χ2v) is 8.70. The molecule has 0 saturated heterocycles. The van der Waals surface area contributed by atoms with Crippen LogP contribution in [0.5, 0.6) is 0 Å². The summed E-state index contributed by atoms with van der Waals surface area (Å²) in [6.07, 6.45) is 12.6. The molecule has 0 saturated carbocycles. The third kappa shape index (κ3) is 15.4. The van der Waals surface area contributed by atoms with Crippen LogP contribution in [0.2, 0.25) is 0 Å². The summed E-state index contributed by atoms with van der Waals surface area (Å²) < 4.78 is 14.9. The molecule has 7 nitrogen and oxygen atoms in total. The van der Waals surface area contributed by atoms with Crippen molar-refractivity contribution in [1.82, 2.24) is 0 Å². The van der Waals surface area contributed by atoms with E-state index in [0.29, 0.717) is 0 Å². The van der Waals surface area contributed by atoms with Gasteiger partial charge in [0.1, 0.15) is 0 Å². The Hall–Kier alpha value is 0.540. The topological polar surface area (TPSA) is 124 Å². The summed E-state index contributed by atoms with van der Waals surface area (Å²) in [5.74, 6) is -1.46. The molecule has 0 bridgehead atoms. The van der Waals surface area contributed by atoms with Gasteiger partial charge >= 0.3 is 43.3 Å². The van der Waals surface area contributed by atoms with Crippen LogP contribution in [0.25, 0.3) is 0 Å². The first-order valence-corrected chi connectivity index (χ1v) is 11.8. The van der Waals surface area contributed by atoms with Gasteiger partial charge in [0, 0.05) is 0 Å². The van der Waals surface area contributed by atoms with Crippen LogP contribution in [0.4, 0.5) is 0 Å². The minimum Gasteiger partial charge on any atom is -1.00 e. The number of aliphatic hydroxyl groups excluding tert-OH is 1. The Morgan fingerprint density at radius 2 is 1.39 bits per heavy atom. The number of hydrogen-bond donors (Lipinski definition) is 4. The van der Waals surface area contributed by atoms with Crippen molar-refractivity contribution in [2.75, 3.05) is 6.61 Å². The Balaban J connectivity index is -0.00000338. The number of hydrogen-bond acceptors (Lipinski definition) is 5. The summed E-state index contributed by atoms with van der Waals surface area (Å²) in [5.41, 5.74) is -2.28. The van der Waals surface area contributed by atoms with Gasteiger partial charge in [0.05, 0.1) is 6.61 Å². The van der Waals surface area contributed by atoms with Crippen molar-refractivity contribution >= 4 is 13.8 Å². The maximum atomic E-state index is 11.9. The predicted molar refractivity (Wildman–Crippen MR) is 106 cm³/mol. The van der Waals surface area contributed by atoms with Crippen LogP contribution in [0.3, 0.4) is 0 Å². The van der Waals surface area contributed by atoms with E-state index in [4.69, 9.17) is 9.79 Å². The van der Waals surface area contributed by atoms with Crippen molar-refractivity contribution < 1.29 is 64.9 Å². The molecule has 2 atom stereocenters. The molecule has 9 heteroatoms. The average Bonchev–Trinajstić information content (AvgIpc) is 2.59. The largest absolute Gasteiger partial charge is 1.00 e. The molecule has 0 rings (SSSR count). The third-order valence-electron chi connectivity index (χ3n) is 4.90. The van der Waals surface area contributed by atoms with Gasteiger partial charge in [-0.1, -0.05) is 90.9 Å². The van der Waals surface area contributed by atoms with Gasteiger partial charge in [0.25, 0.3) is 0 Å². The molecule has 0 aromatic carbocycles. The van der Waals surface area contributed by atoms with Gasteiger partial charge in [0.2, 0.25) is 0 Å². The number of rotatable bonds is 17. The number of unbranched alkanes of at least 4 members (excludes halogenated alkanes) is 8. The molecule has 4 N–H and O–H groups in total. The summed E-state index contributed by atoms with van der Waals surface area (Å²) in [7, 11) is -5.06. The van der Waals surface area contributed by atoms with Gasteiger partial charge in [-0.15, -0.1) is 0 Å². The van der Waals surface area contributed by atoms with Crippen LogP contribution in [0.1, 0.15) is 98.7 Å². The fraction of sp³-hybridized carbons (Fsp3) is 0.947. The molecular weight excluding hydrogens is 394 g/mol. The van der Waals surface area contributed by atoms with E-state index in [9.17, 15) is 19.6 Å². The number of phosphoric acid groups is 1. The van der Waals surface area contributed by atoms with Gasteiger partial charge < -0.3 is 16.2 Å². The second kappa shape index (κ2) is 17.2. The summed E-state index contributed by atoms with van der Waals surface area (Å²) >= 11 is 0. The average molecular weight is 434 g/mol. The first-order chi connectivity index (χ1) is 12.7. The standard InChI is InChI=1S/C19H39O7P.Na.H/c1-3-5-7-9-10-12-14-17(13-11-8-6-4-2)15-19(22,16-20)18(21)26-27(23,24)25;;/h17,20,22H,3-16H2,1-2H3,(H2,23,24,25);;/q;+1;-1. The summed E-state index contributed by atoms with van der Waals surface area (Å²) in [6, 6.07) is 0. The molecule has 0 aliphatic heterocycles. The van der Waals surface area contributed by atoms with Crippen molar-refractivity contribution in [2.45, 2.75) is 103 Å². The molecule has 0 radical (unpaired) electrons. The molecule has 0 spiro atoms. The van der Waals surface area contributed by atoms with Crippen LogP contribution in [-0.2, 0) is 13.9 Å². The number of aliphatic hydroxyl groups is 2. The molecule has 0 aromatic rings. The Kier molecular flexibility index (Phi) is 18.9. The van der Waals surface area contributed by atoms with E-state index in [0.717, 1.165) is 57.8 Å². The maximum Gasteiger partial charge on any atom is 1.00 e. The maximum absolute atomic E-state index is 11.9. The van der Waals surface area contributed by atoms with Crippen LogP contribution >= 0.6 is 7.82 Å². The van der Waals surface area contributed by atoms with E-state index in [1.165, 1.54) is 19.3 Å². The van der Waals surface area contributed by atoms with Crippen LogP contribution < -0.4 is 29.6 Å². The van der Waals surface area contributed by atoms with Crippen molar-refractivity contribution in [3.63, 3.8) is 0 Å². The smallest absolute Gasteiger partial charge is 1.00 e. The van der Waals surface area contributed by atoms with Crippen LogP contribution in [0, 0.1) is 5.92 Å². The molecule has 2 unspecified atom stereocenters. The SMILES string of the molecule is CCCCCCCCC(CCCCCC)CC(O)(CO)C(=O)OP(=O)(O)O.[H-].[Na+]. The van der Waals surface area contributed by atoms with Crippen molar-refractivity contribution in [3.8, 4) is 0 Å². The summed E-state index contributed by atoms with van der Waals surface area (Å²) in [4.78, 5) is 29.5. The van der Waals surface area contributed by atoms with Crippen LogP contribution in [0.15, 0.2) is 0 Å². The van der Waals surface area contributed by atoms with Gasteiger partial charge in [-0.05, 0) is 12.3 Å². The predicted octanol–water partition coefficient (Wildman–Crippen LogP) is 1.19. The first-order valence-electron chi connectivity index (χ1n) is 10.3. The van der Waals surface area contributed by atoms with E-state index in [2.05, 4.69) is 18.4 Å². The van der Waals surface area contributed by atoms with E-state index >= 15 is 0 Å². The number of carbonyl (C=O) groups excluding carboxylic acids is 1. The summed E-state index contributed by atoms with van der Waals surface area (Å²) in [5, 5.41) is 19.9. The van der Waals surface area contributed by atoms with Gasteiger partial charge in [-0.25, -0.2) is 9.36 Å². The quantitative estimate of drug-likeness (QED) is 0.154. The molecule has 0 aliphatic rings. The fourth-order valence-electron chi connectivity index (χ4n) is 3.30. The minimum atomic E-state index is -5.06. The fourth-order valence-corrected chi connectivity index (χ4v) is 3.69. The van der Waals surface area contributed by atoms with E-state index in [1.54, 1.807) is 0 Å². The third-order valence-corrected chi connectivity index (χ3v) is 5.31. The number of carbonyl (C=O) groups is 1. The second-order valence-electron chi connectivity index (χ2n) is 7.53. The Morgan fingerprint density at radius 1 is 0.964 bits per heavy atom. The molecule has 0 fully saturated rings. The van der Waals surface area contributed by atoms with Crippen molar-refractivity contribution in [2.24, 2.45) is 5.92 Å². The Bertz CT molecular complexity index is 450. The molecule has 164 valence electrons. The molecule has 28 heavy (non-hydrogen) atoms. The van der Waals surface area contributed by atoms with E-state index < -0.39 is 26.0 Å². The summed E-state index contributed by atoms with van der Waals surface area (Å²) in [6.45, 7) is 3.36. The zero-order chi connectivity index (χ0) is 20.8. The van der Waals surface area contributed by atoms with Crippen LogP contribution in [-0.4, -0.2) is 38.2 Å². The number of phosphoric ester groups is 1. The van der Waals surface area contributed by atoms with Crippen molar-refractivity contribution in [1.29, 1.82) is 0 Å². The van der Waals surface area contributed by atoms with Gasteiger partial charge in [0.15, 0.2) is 5.60 Å². The molecule has 0 aliphatic carbocycles.